The summed E-state index contributed by atoms with van der Waals surface area (Å²) >= 11 is 0. The first-order chi connectivity index (χ1) is 11.1. The van der Waals surface area contributed by atoms with Crippen molar-refractivity contribution in [2.45, 2.75) is 0 Å². The highest BCUT2D eigenvalue weighted by molar-refractivity contribution is 6.09. The number of Topliss-reactive ketones (excluding diaryl/α,β-unsaturated/α-hetero) is 1. The minimum atomic E-state index is -0.398. The molecule has 5 nitrogen and oxygen atoms in total. The van der Waals surface area contributed by atoms with Gasteiger partial charge in [0.15, 0.2) is 5.78 Å². The highest BCUT2D eigenvalue weighted by Gasteiger charge is 2.26. The molecule has 0 spiro atoms. The Labute approximate surface area is 132 Å². The summed E-state index contributed by atoms with van der Waals surface area (Å²) in [7, 11) is 1.52. The van der Waals surface area contributed by atoms with Crippen molar-refractivity contribution >= 4 is 23.1 Å². The zero-order valence-electron chi connectivity index (χ0n) is 12.5. The van der Waals surface area contributed by atoms with Crippen molar-refractivity contribution in [2.24, 2.45) is 0 Å². The van der Waals surface area contributed by atoms with Gasteiger partial charge in [-0.25, -0.2) is 4.39 Å². The Morgan fingerprint density at radius 3 is 2.91 bits per heavy atom. The topological polar surface area (TPSA) is 58.6 Å². The van der Waals surface area contributed by atoms with Gasteiger partial charge in [-0.1, -0.05) is 12.1 Å². The van der Waals surface area contributed by atoms with E-state index in [9.17, 15) is 14.0 Å². The van der Waals surface area contributed by atoms with Crippen LogP contribution < -0.4 is 15.0 Å². The van der Waals surface area contributed by atoms with E-state index in [4.69, 9.17) is 4.74 Å². The van der Waals surface area contributed by atoms with Crippen LogP contribution >= 0.6 is 0 Å². The largest absolute Gasteiger partial charge is 0.497 e. The number of rotatable bonds is 4. The number of nitrogens with one attached hydrogen (secondary N) is 1. The number of amides is 1. The second-order valence-corrected chi connectivity index (χ2v) is 5.15. The number of hydrogen-bond acceptors (Lipinski definition) is 4. The molecule has 118 valence electrons. The third-order valence-corrected chi connectivity index (χ3v) is 3.67. The molecule has 6 heteroatoms. The van der Waals surface area contributed by atoms with Gasteiger partial charge in [0.05, 0.1) is 31.6 Å². The van der Waals surface area contributed by atoms with E-state index in [1.807, 2.05) is 0 Å². The number of hydrogen-bond donors (Lipinski definition) is 1. The number of nitrogens with zero attached hydrogens (tertiary/aromatic N) is 1. The van der Waals surface area contributed by atoms with Crippen molar-refractivity contribution in [3.63, 3.8) is 0 Å². The van der Waals surface area contributed by atoms with E-state index < -0.39 is 5.82 Å². The molecular weight excluding hydrogens is 299 g/mol. The van der Waals surface area contributed by atoms with Crippen LogP contribution in [-0.4, -0.2) is 31.9 Å². The second kappa shape index (κ2) is 6.08. The van der Waals surface area contributed by atoms with E-state index in [1.165, 1.54) is 30.2 Å². The van der Waals surface area contributed by atoms with E-state index in [-0.39, 0.29) is 24.8 Å². The molecule has 1 N–H and O–H groups in total. The monoisotopic (exact) mass is 314 g/mol. The van der Waals surface area contributed by atoms with Gasteiger partial charge in [-0.3, -0.25) is 9.59 Å². The van der Waals surface area contributed by atoms with Gasteiger partial charge in [-0.15, -0.1) is 0 Å². The van der Waals surface area contributed by atoms with Crippen molar-refractivity contribution in [1.29, 1.82) is 0 Å². The molecule has 3 rings (SSSR count). The third-order valence-electron chi connectivity index (χ3n) is 3.67. The molecule has 0 atom stereocenters. The SMILES string of the molecule is COc1cccc(C(=O)CN2C(=O)CNc3cc(F)ccc32)c1. The van der Waals surface area contributed by atoms with E-state index in [2.05, 4.69) is 5.32 Å². The number of ether oxygens (including phenoxy) is 1. The minimum Gasteiger partial charge on any atom is -0.497 e. The lowest BCUT2D eigenvalue weighted by atomic mass is 10.1. The molecule has 1 aliphatic heterocycles. The maximum absolute atomic E-state index is 13.3. The molecule has 1 amide bonds. The lowest BCUT2D eigenvalue weighted by Gasteiger charge is -2.29. The maximum Gasteiger partial charge on any atom is 0.246 e. The molecule has 0 fully saturated rings. The van der Waals surface area contributed by atoms with Crippen LogP contribution in [0, 0.1) is 5.82 Å². The Hall–Kier alpha value is -2.89. The number of methoxy groups -OCH3 is 1. The van der Waals surface area contributed by atoms with Gasteiger partial charge in [-0.05, 0) is 30.3 Å². The van der Waals surface area contributed by atoms with Crippen molar-refractivity contribution in [3.8, 4) is 5.75 Å². The summed E-state index contributed by atoms with van der Waals surface area (Å²) < 4.78 is 18.4. The van der Waals surface area contributed by atoms with E-state index in [0.29, 0.717) is 22.7 Å². The molecule has 2 aromatic rings. The summed E-state index contributed by atoms with van der Waals surface area (Å²) in [6.07, 6.45) is 0. The van der Waals surface area contributed by atoms with Crippen molar-refractivity contribution in [2.75, 3.05) is 30.4 Å². The van der Waals surface area contributed by atoms with E-state index in [0.717, 1.165) is 0 Å². The van der Waals surface area contributed by atoms with Gasteiger partial charge in [-0.2, -0.15) is 0 Å². The highest BCUT2D eigenvalue weighted by atomic mass is 19.1. The Balaban J connectivity index is 1.87. The zero-order valence-corrected chi connectivity index (χ0v) is 12.5. The number of carbonyl (C=O) groups is 2. The number of fused-ring (bicyclic) bond motifs is 1. The molecule has 0 aliphatic carbocycles. The molecule has 23 heavy (non-hydrogen) atoms. The molecule has 2 aromatic carbocycles. The second-order valence-electron chi connectivity index (χ2n) is 5.15. The highest BCUT2D eigenvalue weighted by Crippen LogP contribution is 2.30. The first-order valence-corrected chi connectivity index (χ1v) is 7.09. The van der Waals surface area contributed by atoms with Crippen LogP contribution in [0.4, 0.5) is 15.8 Å². The molecule has 0 saturated carbocycles. The van der Waals surface area contributed by atoms with Crippen LogP contribution in [0.1, 0.15) is 10.4 Å². The van der Waals surface area contributed by atoms with Gasteiger partial charge < -0.3 is 15.0 Å². The summed E-state index contributed by atoms with van der Waals surface area (Å²) in [5.74, 6) is -0.274. The summed E-state index contributed by atoms with van der Waals surface area (Å²) in [5, 5.41) is 2.85. The fraction of sp³-hybridized carbons (Fsp3) is 0.176. The number of carbonyl (C=O) groups excluding carboxylic acids is 2. The predicted octanol–water partition coefficient (Wildman–Crippen LogP) is 2.48. The van der Waals surface area contributed by atoms with E-state index >= 15 is 0 Å². The Bertz CT molecular complexity index is 776. The fourth-order valence-corrected chi connectivity index (χ4v) is 2.49. The lowest BCUT2D eigenvalue weighted by Crippen LogP contribution is -2.42. The zero-order chi connectivity index (χ0) is 16.4. The molecule has 0 saturated heterocycles. The minimum absolute atomic E-state index is 0.0296. The van der Waals surface area contributed by atoms with Gasteiger partial charge >= 0.3 is 0 Å². The van der Waals surface area contributed by atoms with Gasteiger partial charge in [0, 0.05) is 5.56 Å². The third kappa shape index (κ3) is 3.01. The van der Waals surface area contributed by atoms with Gasteiger partial charge in [0.1, 0.15) is 11.6 Å². The van der Waals surface area contributed by atoms with Crippen LogP contribution in [-0.2, 0) is 4.79 Å². The van der Waals surface area contributed by atoms with Crippen LogP contribution in [0.5, 0.6) is 5.75 Å². The average Bonchev–Trinajstić information content (AvgIpc) is 2.57. The lowest BCUT2D eigenvalue weighted by molar-refractivity contribution is -0.117. The van der Waals surface area contributed by atoms with E-state index in [1.54, 1.807) is 24.3 Å². The molecule has 1 aliphatic rings. The Kier molecular flexibility index (Phi) is 3.97. The Morgan fingerprint density at radius 1 is 1.30 bits per heavy atom. The van der Waals surface area contributed by atoms with Crippen LogP contribution in [0.3, 0.4) is 0 Å². The quantitative estimate of drug-likeness (QED) is 0.881. The first kappa shape index (κ1) is 15.0. The van der Waals surface area contributed by atoms with Crippen molar-refractivity contribution in [1.82, 2.24) is 0 Å². The van der Waals surface area contributed by atoms with Gasteiger partial charge in [0.2, 0.25) is 5.91 Å². The molecule has 0 bridgehead atoms. The molecular formula is C17H15FN2O3. The summed E-state index contributed by atoms with van der Waals surface area (Å²) in [6, 6.07) is 10.8. The smallest absolute Gasteiger partial charge is 0.246 e. The number of ketones is 1. The van der Waals surface area contributed by atoms with Crippen molar-refractivity contribution < 1.29 is 18.7 Å². The van der Waals surface area contributed by atoms with Crippen molar-refractivity contribution in [3.05, 3.63) is 53.8 Å². The molecule has 0 radical (unpaired) electrons. The normalized spacial score (nSPS) is 13.3. The summed E-state index contributed by atoms with van der Waals surface area (Å²) in [6.45, 7) is -0.0752. The van der Waals surface area contributed by atoms with Crippen LogP contribution in [0.25, 0.3) is 0 Å². The predicted molar refractivity (Wildman–Crippen MR) is 84.6 cm³/mol. The summed E-state index contributed by atoms with van der Waals surface area (Å²) in [5.41, 5.74) is 1.46. The fourth-order valence-electron chi connectivity index (χ4n) is 2.49. The standard InChI is InChI=1S/C17H15FN2O3/c1-23-13-4-2-3-11(7-13)16(21)10-20-15-6-5-12(18)8-14(15)19-9-17(20)22/h2-8,19H,9-10H2,1H3. The average molecular weight is 314 g/mol. The van der Waals surface area contributed by atoms with Crippen LogP contribution in [0.2, 0.25) is 0 Å². The summed E-state index contributed by atoms with van der Waals surface area (Å²) in [4.78, 5) is 26.0. The molecule has 0 unspecified atom stereocenters. The molecule has 1 heterocycles. The van der Waals surface area contributed by atoms with Crippen LogP contribution in [0.15, 0.2) is 42.5 Å². The Morgan fingerprint density at radius 2 is 2.13 bits per heavy atom. The number of halogens is 1. The number of benzene rings is 2. The first-order valence-electron chi connectivity index (χ1n) is 7.09. The number of anilines is 2. The van der Waals surface area contributed by atoms with Gasteiger partial charge in [0.25, 0.3) is 0 Å². The molecule has 0 aromatic heterocycles. The maximum atomic E-state index is 13.3.